The molecule has 0 aliphatic carbocycles. The van der Waals surface area contributed by atoms with Crippen LogP contribution < -0.4 is 0 Å². The van der Waals surface area contributed by atoms with E-state index < -0.39 is 32.5 Å². The largest absolute Gasteiger partial charge is 0.472 e. The summed E-state index contributed by atoms with van der Waals surface area (Å²) < 4.78 is 32.5. The molecule has 0 saturated carbocycles. The Hall–Kier alpha value is -3.29. The van der Waals surface area contributed by atoms with E-state index in [1.807, 2.05) is 12.2 Å². The first kappa shape index (κ1) is 50.7. The number of hydrogen-bond donors (Lipinski definition) is 1. The fourth-order valence-electron chi connectivity index (χ4n) is 4.73. The third-order valence-electron chi connectivity index (χ3n) is 7.59. The van der Waals surface area contributed by atoms with E-state index in [1.54, 1.807) is 6.92 Å². The third kappa shape index (κ3) is 38.4. The molecule has 0 radical (unpaired) electrons. The van der Waals surface area contributed by atoms with Crippen molar-refractivity contribution >= 4 is 19.8 Å². The zero-order valence-corrected chi connectivity index (χ0v) is 34.5. The topological polar surface area (TPSA) is 108 Å². The number of phosphoric ester groups is 1. The smallest absolute Gasteiger partial charge is 0.462 e. The molecule has 0 aliphatic heterocycles. The second kappa shape index (κ2) is 39.4. The standard InChI is InChI=1S/C45H71O8P/c1-4-7-9-11-13-15-17-19-21-22-23-24-26-28-30-32-34-36-38-40-45(47)53-43(42-52-54(48,49)51-6-3)41-50-44(46)39-37-35-33-31-29-27-25-20-18-16-14-12-10-8-5-2/h7-10,13-16,19-21,23-25,28,30,34,36,43H,4-6,11-12,17-18,22,26-27,29,31-33,35,37-42H2,1-3H3,(H,48,49)/b9-7-,10-8-,15-13-,16-14-,21-19-,24-23-,25-20-,30-28-,36-34-. The Bertz CT molecular complexity index is 1240. The van der Waals surface area contributed by atoms with Crippen LogP contribution in [0.25, 0.3) is 0 Å². The van der Waals surface area contributed by atoms with Gasteiger partial charge in [0.2, 0.25) is 0 Å². The molecule has 304 valence electrons. The lowest BCUT2D eigenvalue weighted by Gasteiger charge is -2.19. The van der Waals surface area contributed by atoms with Gasteiger partial charge in [0.05, 0.1) is 13.2 Å². The number of unbranched alkanes of at least 4 members (excludes halogenated alkanes) is 5. The van der Waals surface area contributed by atoms with Crippen molar-refractivity contribution in [2.24, 2.45) is 0 Å². The molecule has 0 bridgehead atoms. The van der Waals surface area contributed by atoms with E-state index in [1.165, 1.54) is 0 Å². The maximum Gasteiger partial charge on any atom is 0.472 e. The van der Waals surface area contributed by atoms with E-state index in [0.717, 1.165) is 89.9 Å². The predicted molar refractivity (Wildman–Crippen MR) is 225 cm³/mol. The van der Waals surface area contributed by atoms with Gasteiger partial charge in [-0.25, -0.2) is 4.57 Å². The molecule has 9 heteroatoms. The van der Waals surface area contributed by atoms with Crippen molar-refractivity contribution in [1.82, 2.24) is 0 Å². The number of carbonyl (C=O) groups excluding carboxylic acids is 2. The number of rotatable bonds is 35. The summed E-state index contributed by atoms with van der Waals surface area (Å²) in [5.41, 5.74) is 0. The van der Waals surface area contributed by atoms with E-state index in [4.69, 9.17) is 18.5 Å². The van der Waals surface area contributed by atoms with Gasteiger partial charge < -0.3 is 14.4 Å². The summed E-state index contributed by atoms with van der Waals surface area (Å²) in [6.07, 6.45) is 53.0. The zero-order chi connectivity index (χ0) is 39.6. The number of allylic oxidation sites excluding steroid dienone is 18. The van der Waals surface area contributed by atoms with Gasteiger partial charge in [0.1, 0.15) is 6.61 Å². The summed E-state index contributed by atoms with van der Waals surface area (Å²) >= 11 is 0. The van der Waals surface area contributed by atoms with Crippen molar-refractivity contribution < 1.29 is 37.6 Å². The fraction of sp³-hybridized carbons (Fsp3) is 0.556. The minimum atomic E-state index is -4.31. The van der Waals surface area contributed by atoms with Crippen LogP contribution in [0, 0.1) is 0 Å². The van der Waals surface area contributed by atoms with Gasteiger partial charge in [-0.15, -0.1) is 0 Å². The molecule has 0 aliphatic rings. The molecular weight excluding hydrogens is 699 g/mol. The third-order valence-corrected chi connectivity index (χ3v) is 8.65. The second-order valence-corrected chi connectivity index (χ2v) is 14.0. The zero-order valence-electron chi connectivity index (χ0n) is 33.6. The summed E-state index contributed by atoms with van der Waals surface area (Å²) in [5.74, 6) is -0.929. The Morgan fingerprint density at radius 1 is 0.500 bits per heavy atom. The van der Waals surface area contributed by atoms with E-state index in [0.29, 0.717) is 12.8 Å². The molecule has 0 aromatic rings. The highest BCUT2D eigenvalue weighted by Crippen LogP contribution is 2.43. The van der Waals surface area contributed by atoms with Crippen molar-refractivity contribution in [2.75, 3.05) is 19.8 Å². The summed E-state index contributed by atoms with van der Waals surface area (Å²) in [7, 11) is -4.31. The highest BCUT2D eigenvalue weighted by Gasteiger charge is 2.25. The van der Waals surface area contributed by atoms with E-state index in [-0.39, 0.29) is 26.1 Å². The van der Waals surface area contributed by atoms with Gasteiger partial charge in [-0.05, 0) is 90.4 Å². The highest BCUT2D eigenvalue weighted by atomic mass is 31.2. The van der Waals surface area contributed by atoms with Crippen molar-refractivity contribution in [2.45, 2.75) is 142 Å². The van der Waals surface area contributed by atoms with Gasteiger partial charge in [0.25, 0.3) is 0 Å². The number of esters is 2. The lowest BCUT2D eigenvalue weighted by atomic mass is 10.1. The second-order valence-electron chi connectivity index (χ2n) is 12.5. The van der Waals surface area contributed by atoms with Gasteiger partial charge in [-0.1, -0.05) is 142 Å². The van der Waals surface area contributed by atoms with E-state index in [2.05, 4.69) is 111 Å². The average molecular weight is 771 g/mol. The number of hydrogen-bond acceptors (Lipinski definition) is 7. The Morgan fingerprint density at radius 2 is 0.926 bits per heavy atom. The van der Waals surface area contributed by atoms with Gasteiger partial charge in [-0.3, -0.25) is 18.6 Å². The molecule has 0 heterocycles. The fourth-order valence-corrected chi connectivity index (χ4v) is 5.48. The lowest BCUT2D eigenvalue weighted by molar-refractivity contribution is -0.161. The average Bonchev–Trinajstić information content (AvgIpc) is 3.15. The molecule has 8 nitrogen and oxygen atoms in total. The molecule has 0 rings (SSSR count). The summed E-state index contributed by atoms with van der Waals surface area (Å²) in [5, 5.41) is 0. The van der Waals surface area contributed by atoms with Crippen LogP contribution in [0.15, 0.2) is 109 Å². The quantitative estimate of drug-likeness (QED) is 0.0294. The Labute approximate surface area is 328 Å². The summed E-state index contributed by atoms with van der Waals surface area (Å²) in [6, 6.07) is 0. The van der Waals surface area contributed by atoms with Crippen LogP contribution >= 0.6 is 7.82 Å². The van der Waals surface area contributed by atoms with Crippen LogP contribution in [0.1, 0.15) is 136 Å². The van der Waals surface area contributed by atoms with Crippen LogP contribution in [0.5, 0.6) is 0 Å². The first-order valence-electron chi connectivity index (χ1n) is 20.2. The number of ether oxygens (including phenoxy) is 2. The summed E-state index contributed by atoms with van der Waals surface area (Å²) in [6.45, 7) is 5.10. The molecule has 0 fully saturated rings. The SMILES string of the molecule is CC/C=C\C/C=C\C/C=C\C/C=C\C/C=C\C/C=C\CCC(=O)OC(COC(=O)CCCCCCC/C=C\C/C=C\C/C=C\CC)COP(=O)(O)OCC. The Balaban J connectivity index is 4.31. The normalized spacial score (nSPS) is 14.5. The van der Waals surface area contributed by atoms with Crippen LogP contribution in [-0.2, 0) is 32.7 Å². The van der Waals surface area contributed by atoms with Crippen molar-refractivity contribution in [3.8, 4) is 0 Å². The maximum absolute atomic E-state index is 12.5. The first-order chi connectivity index (χ1) is 26.3. The van der Waals surface area contributed by atoms with Crippen molar-refractivity contribution in [1.29, 1.82) is 0 Å². The number of carbonyl (C=O) groups is 2. The van der Waals surface area contributed by atoms with Crippen LogP contribution in [-0.4, -0.2) is 42.8 Å². The van der Waals surface area contributed by atoms with Crippen molar-refractivity contribution in [3.05, 3.63) is 109 Å². The van der Waals surface area contributed by atoms with Crippen LogP contribution in [0.3, 0.4) is 0 Å². The first-order valence-corrected chi connectivity index (χ1v) is 21.7. The monoisotopic (exact) mass is 770 g/mol. The Morgan fingerprint density at radius 3 is 1.41 bits per heavy atom. The minimum Gasteiger partial charge on any atom is -0.462 e. The molecule has 2 atom stereocenters. The lowest BCUT2D eigenvalue weighted by Crippen LogP contribution is -2.29. The van der Waals surface area contributed by atoms with Crippen LogP contribution in [0.4, 0.5) is 0 Å². The summed E-state index contributed by atoms with van der Waals surface area (Å²) in [4.78, 5) is 34.6. The van der Waals surface area contributed by atoms with Gasteiger partial charge in [0, 0.05) is 12.8 Å². The molecule has 54 heavy (non-hydrogen) atoms. The molecule has 2 unspecified atom stereocenters. The molecule has 0 amide bonds. The Kier molecular flexibility index (Phi) is 37.0. The molecule has 0 saturated heterocycles. The number of phosphoric acid groups is 1. The van der Waals surface area contributed by atoms with Crippen LogP contribution in [0.2, 0.25) is 0 Å². The molecule has 0 aromatic heterocycles. The van der Waals surface area contributed by atoms with Gasteiger partial charge in [-0.2, -0.15) is 0 Å². The van der Waals surface area contributed by atoms with E-state index >= 15 is 0 Å². The molecule has 0 spiro atoms. The molecule has 0 aromatic carbocycles. The minimum absolute atomic E-state index is 0.0229. The van der Waals surface area contributed by atoms with E-state index in [9.17, 15) is 19.0 Å². The highest BCUT2D eigenvalue weighted by molar-refractivity contribution is 7.47. The maximum atomic E-state index is 12.5. The molecular formula is C45H71O8P. The van der Waals surface area contributed by atoms with Gasteiger partial charge >= 0.3 is 19.8 Å². The van der Waals surface area contributed by atoms with Crippen molar-refractivity contribution in [3.63, 3.8) is 0 Å². The predicted octanol–water partition coefficient (Wildman–Crippen LogP) is 12.7. The van der Waals surface area contributed by atoms with Gasteiger partial charge in [0.15, 0.2) is 6.10 Å². The molecule has 1 N–H and O–H groups in total.